The second-order valence-electron chi connectivity index (χ2n) is 5.56. The molecule has 1 aliphatic heterocycles. The first-order valence-electron chi connectivity index (χ1n) is 7.16. The SMILES string of the molecule is CC(C)(NCCCOC1CCNCC1)c1nccs1. The maximum atomic E-state index is 5.90. The molecule has 0 unspecified atom stereocenters. The van der Waals surface area contributed by atoms with Gasteiger partial charge in [-0.1, -0.05) is 0 Å². The van der Waals surface area contributed by atoms with E-state index in [4.69, 9.17) is 4.74 Å². The van der Waals surface area contributed by atoms with Gasteiger partial charge in [0.25, 0.3) is 0 Å². The highest BCUT2D eigenvalue weighted by Crippen LogP contribution is 2.21. The quantitative estimate of drug-likeness (QED) is 0.753. The van der Waals surface area contributed by atoms with Crippen LogP contribution in [0.1, 0.15) is 38.1 Å². The first kappa shape index (κ1) is 14.9. The zero-order chi connectivity index (χ0) is 13.6. The van der Waals surface area contributed by atoms with Crippen LogP contribution in [0.3, 0.4) is 0 Å². The highest BCUT2D eigenvalue weighted by atomic mass is 32.1. The van der Waals surface area contributed by atoms with Crippen LogP contribution in [0.2, 0.25) is 0 Å². The van der Waals surface area contributed by atoms with Gasteiger partial charge < -0.3 is 15.4 Å². The Morgan fingerprint density at radius 1 is 1.47 bits per heavy atom. The van der Waals surface area contributed by atoms with Crippen molar-refractivity contribution in [3.05, 3.63) is 16.6 Å². The minimum Gasteiger partial charge on any atom is -0.378 e. The average molecular weight is 283 g/mol. The van der Waals surface area contributed by atoms with Crippen LogP contribution in [0.5, 0.6) is 0 Å². The Morgan fingerprint density at radius 2 is 2.26 bits per heavy atom. The van der Waals surface area contributed by atoms with E-state index >= 15 is 0 Å². The molecule has 0 radical (unpaired) electrons. The summed E-state index contributed by atoms with van der Waals surface area (Å²) in [6.07, 6.45) is 5.69. The molecule has 0 amide bonds. The number of hydrogen-bond acceptors (Lipinski definition) is 5. The van der Waals surface area contributed by atoms with E-state index in [2.05, 4.69) is 29.5 Å². The first-order valence-corrected chi connectivity index (χ1v) is 8.04. The number of nitrogens with zero attached hydrogens (tertiary/aromatic N) is 1. The lowest BCUT2D eigenvalue weighted by Crippen LogP contribution is -2.37. The molecular weight excluding hydrogens is 258 g/mol. The van der Waals surface area contributed by atoms with Gasteiger partial charge in [-0.15, -0.1) is 11.3 Å². The third kappa shape index (κ3) is 4.84. The molecule has 0 atom stereocenters. The highest BCUT2D eigenvalue weighted by Gasteiger charge is 2.22. The van der Waals surface area contributed by atoms with Gasteiger partial charge in [0.1, 0.15) is 5.01 Å². The van der Waals surface area contributed by atoms with Crippen molar-refractivity contribution in [3.8, 4) is 0 Å². The molecule has 0 bridgehead atoms. The first-order chi connectivity index (χ1) is 9.18. The summed E-state index contributed by atoms with van der Waals surface area (Å²) in [5.74, 6) is 0. The standard InChI is InChI=1S/C14H25N3OS/c1-14(2,13-16-9-11-19-13)17-6-3-10-18-12-4-7-15-8-5-12/h9,11-12,15,17H,3-8,10H2,1-2H3. The normalized spacial score (nSPS) is 17.8. The molecule has 1 aromatic rings. The molecular formula is C14H25N3OS. The van der Waals surface area contributed by atoms with Crippen LogP contribution in [0.4, 0.5) is 0 Å². The summed E-state index contributed by atoms with van der Waals surface area (Å²) in [4.78, 5) is 4.38. The Hall–Kier alpha value is -0.490. The van der Waals surface area contributed by atoms with Gasteiger partial charge in [0, 0.05) is 18.2 Å². The van der Waals surface area contributed by atoms with Crippen molar-refractivity contribution in [3.63, 3.8) is 0 Å². The molecule has 1 saturated heterocycles. The summed E-state index contributed by atoms with van der Waals surface area (Å²) in [6, 6.07) is 0. The molecule has 0 spiro atoms. The van der Waals surface area contributed by atoms with E-state index in [-0.39, 0.29) is 5.54 Å². The molecule has 1 aliphatic rings. The Labute approximate surface area is 120 Å². The summed E-state index contributed by atoms with van der Waals surface area (Å²) in [5.41, 5.74) is -0.0388. The van der Waals surface area contributed by atoms with Gasteiger partial charge >= 0.3 is 0 Å². The lowest BCUT2D eigenvalue weighted by molar-refractivity contribution is 0.0311. The maximum Gasteiger partial charge on any atom is 0.112 e. The molecule has 0 saturated carbocycles. The number of hydrogen-bond donors (Lipinski definition) is 2. The molecule has 19 heavy (non-hydrogen) atoms. The van der Waals surface area contributed by atoms with E-state index in [1.807, 2.05) is 11.6 Å². The zero-order valence-electron chi connectivity index (χ0n) is 11.9. The van der Waals surface area contributed by atoms with Crippen LogP contribution in [-0.4, -0.2) is 37.3 Å². The fourth-order valence-electron chi connectivity index (χ4n) is 2.29. The van der Waals surface area contributed by atoms with Crippen LogP contribution in [0.15, 0.2) is 11.6 Å². The van der Waals surface area contributed by atoms with Gasteiger partial charge in [-0.25, -0.2) is 4.98 Å². The lowest BCUT2D eigenvalue weighted by Gasteiger charge is -2.25. The van der Waals surface area contributed by atoms with Crippen molar-refractivity contribution >= 4 is 11.3 Å². The Balaban J connectivity index is 1.58. The van der Waals surface area contributed by atoms with Crippen LogP contribution >= 0.6 is 11.3 Å². The van der Waals surface area contributed by atoms with Crippen molar-refractivity contribution in [1.29, 1.82) is 0 Å². The number of nitrogens with one attached hydrogen (secondary N) is 2. The molecule has 1 aromatic heterocycles. The van der Waals surface area contributed by atoms with Crippen molar-refractivity contribution in [2.75, 3.05) is 26.2 Å². The van der Waals surface area contributed by atoms with Crippen LogP contribution in [0.25, 0.3) is 0 Å². The monoisotopic (exact) mass is 283 g/mol. The van der Waals surface area contributed by atoms with E-state index < -0.39 is 0 Å². The summed E-state index contributed by atoms with van der Waals surface area (Å²) in [6.45, 7) is 8.38. The Bertz CT molecular complexity index is 348. The smallest absolute Gasteiger partial charge is 0.112 e. The van der Waals surface area contributed by atoms with Gasteiger partial charge in [-0.3, -0.25) is 0 Å². The van der Waals surface area contributed by atoms with Crippen LogP contribution in [0, 0.1) is 0 Å². The van der Waals surface area contributed by atoms with E-state index in [9.17, 15) is 0 Å². The van der Waals surface area contributed by atoms with Crippen LogP contribution < -0.4 is 10.6 Å². The fraction of sp³-hybridized carbons (Fsp3) is 0.786. The second-order valence-corrected chi connectivity index (χ2v) is 6.46. The summed E-state index contributed by atoms with van der Waals surface area (Å²) >= 11 is 1.70. The predicted molar refractivity (Wildman–Crippen MR) is 79.6 cm³/mol. The molecule has 2 rings (SSSR count). The van der Waals surface area contributed by atoms with Crippen molar-refractivity contribution in [1.82, 2.24) is 15.6 Å². The maximum absolute atomic E-state index is 5.90. The summed E-state index contributed by atoms with van der Waals surface area (Å²) < 4.78 is 5.90. The van der Waals surface area contributed by atoms with Gasteiger partial charge in [0.15, 0.2) is 0 Å². The molecule has 4 nitrogen and oxygen atoms in total. The molecule has 0 aromatic carbocycles. The highest BCUT2D eigenvalue weighted by molar-refractivity contribution is 7.09. The third-order valence-corrected chi connectivity index (χ3v) is 4.59. The molecule has 2 N–H and O–H groups in total. The minimum atomic E-state index is -0.0388. The van der Waals surface area contributed by atoms with Crippen LogP contribution in [-0.2, 0) is 10.3 Å². The van der Waals surface area contributed by atoms with E-state index in [0.29, 0.717) is 6.10 Å². The van der Waals surface area contributed by atoms with Gasteiger partial charge in [-0.05, 0) is 52.7 Å². The summed E-state index contributed by atoms with van der Waals surface area (Å²) in [5, 5.41) is 10.1. The summed E-state index contributed by atoms with van der Waals surface area (Å²) in [7, 11) is 0. The Morgan fingerprint density at radius 3 is 2.95 bits per heavy atom. The number of aromatic nitrogens is 1. The number of ether oxygens (including phenoxy) is 1. The number of thiazole rings is 1. The number of piperidine rings is 1. The van der Waals surface area contributed by atoms with E-state index in [1.165, 1.54) is 0 Å². The largest absolute Gasteiger partial charge is 0.378 e. The fourth-order valence-corrected chi connectivity index (χ4v) is 3.03. The predicted octanol–water partition coefficient (Wildman–Crippen LogP) is 2.13. The molecule has 5 heteroatoms. The molecule has 0 aliphatic carbocycles. The zero-order valence-corrected chi connectivity index (χ0v) is 12.8. The van der Waals surface area contributed by atoms with Gasteiger partial charge in [0.2, 0.25) is 0 Å². The average Bonchev–Trinajstić information content (AvgIpc) is 2.94. The van der Waals surface area contributed by atoms with E-state index in [0.717, 1.165) is 50.5 Å². The topological polar surface area (TPSA) is 46.2 Å². The van der Waals surface area contributed by atoms with Gasteiger partial charge in [0.05, 0.1) is 11.6 Å². The molecule has 108 valence electrons. The number of rotatable bonds is 7. The second kappa shape index (κ2) is 7.33. The van der Waals surface area contributed by atoms with Gasteiger partial charge in [-0.2, -0.15) is 0 Å². The minimum absolute atomic E-state index is 0.0388. The molecule has 1 fully saturated rings. The third-order valence-electron chi connectivity index (χ3n) is 3.49. The van der Waals surface area contributed by atoms with Crippen molar-refractivity contribution in [2.24, 2.45) is 0 Å². The van der Waals surface area contributed by atoms with Crippen molar-refractivity contribution < 1.29 is 4.74 Å². The Kier molecular flexibility index (Phi) is 5.76. The lowest BCUT2D eigenvalue weighted by atomic mass is 10.1. The molecule has 2 heterocycles. The van der Waals surface area contributed by atoms with E-state index in [1.54, 1.807) is 11.3 Å². The van der Waals surface area contributed by atoms with Crippen molar-refractivity contribution in [2.45, 2.75) is 44.8 Å².